The number of ether oxygens (including phenoxy) is 2. The van der Waals surface area contributed by atoms with Gasteiger partial charge in [-0.25, -0.2) is 0 Å². The van der Waals surface area contributed by atoms with Gasteiger partial charge in [-0.3, -0.25) is 19.4 Å². The number of halogens is 1. The van der Waals surface area contributed by atoms with Crippen LogP contribution in [-0.2, 0) is 9.59 Å². The Hall–Kier alpha value is -4.01. The molecule has 0 unspecified atom stereocenters. The number of piperazine rings is 1. The maximum Gasteiger partial charge on any atom is 0.294 e. The number of amides is 2. The highest BCUT2D eigenvalue weighted by atomic mass is 35.5. The lowest BCUT2D eigenvalue weighted by Crippen LogP contribution is -2.49. The highest BCUT2D eigenvalue weighted by Crippen LogP contribution is 2.35. The third kappa shape index (κ3) is 6.53. The van der Waals surface area contributed by atoms with E-state index in [1.54, 1.807) is 25.3 Å². The molecule has 1 saturated heterocycles. The Morgan fingerprint density at radius 2 is 1.82 bits per heavy atom. The Kier molecular flexibility index (Phi) is 8.34. The third-order valence-corrected chi connectivity index (χ3v) is 7.06. The van der Waals surface area contributed by atoms with Gasteiger partial charge >= 0.3 is 0 Å². The van der Waals surface area contributed by atoms with E-state index in [0.717, 1.165) is 49.0 Å². The van der Waals surface area contributed by atoms with Crippen LogP contribution in [0.15, 0.2) is 78.6 Å². The van der Waals surface area contributed by atoms with E-state index in [1.165, 1.54) is 4.90 Å². The van der Waals surface area contributed by atoms with Gasteiger partial charge in [-0.2, -0.15) is 0 Å². The largest absolute Gasteiger partial charge is 0.497 e. The maximum atomic E-state index is 13.4. The van der Waals surface area contributed by atoms with Gasteiger partial charge in [0.2, 0.25) is 5.91 Å². The fourth-order valence-corrected chi connectivity index (χ4v) is 4.94. The van der Waals surface area contributed by atoms with Crippen LogP contribution in [0.3, 0.4) is 0 Å². The zero-order valence-electron chi connectivity index (χ0n) is 21.8. The standard InChI is InChI=1S/C30H31ClN4O4/c1-38-25-9-4-6-22(18-25)19-28-30(37)35(26-10-2-3-11-27(26)39-28)21-29(36)32-12-13-33-14-16-34(17-15-33)24-8-5-7-23(31)20-24/h2-11,18-20H,12-17,21H2,1H3,(H,32,36)/b28-19-. The fourth-order valence-electron chi connectivity index (χ4n) is 4.76. The number of carbonyl (C=O) groups is 2. The van der Waals surface area contributed by atoms with Crippen LogP contribution in [-0.4, -0.2) is 69.6 Å². The van der Waals surface area contributed by atoms with E-state index in [2.05, 4.69) is 21.2 Å². The van der Waals surface area contributed by atoms with Gasteiger partial charge in [0, 0.05) is 50.0 Å². The van der Waals surface area contributed by atoms with Crippen LogP contribution in [0.5, 0.6) is 11.5 Å². The first-order valence-corrected chi connectivity index (χ1v) is 13.3. The van der Waals surface area contributed by atoms with Gasteiger partial charge in [0.05, 0.1) is 12.8 Å². The second kappa shape index (κ2) is 12.2. The molecular weight excluding hydrogens is 516 g/mol. The van der Waals surface area contributed by atoms with Crippen molar-refractivity contribution in [3.8, 4) is 11.5 Å². The number of para-hydroxylation sites is 2. The number of nitrogens with one attached hydrogen (secondary N) is 1. The fraction of sp³-hybridized carbons (Fsp3) is 0.267. The summed E-state index contributed by atoms with van der Waals surface area (Å²) in [5, 5.41) is 3.71. The van der Waals surface area contributed by atoms with Crippen LogP contribution in [0, 0.1) is 0 Å². The van der Waals surface area contributed by atoms with E-state index in [9.17, 15) is 9.59 Å². The lowest BCUT2D eigenvalue weighted by atomic mass is 10.1. The van der Waals surface area contributed by atoms with E-state index in [0.29, 0.717) is 23.7 Å². The molecule has 3 aromatic rings. The van der Waals surface area contributed by atoms with Crippen molar-refractivity contribution in [3.05, 3.63) is 89.1 Å². The molecule has 2 heterocycles. The first kappa shape index (κ1) is 26.6. The monoisotopic (exact) mass is 546 g/mol. The summed E-state index contributed by atoms with van der Waals surface area (Å²) in [6, 6.07) is 22.5. The molecule has 2 amide bonds. The van der Waals surface area contributed by atoms with Crippen molar-refractivity contribution in [2.24, 2.45) is 0 Å². The maximum absolute atomic E-state index is 13.4. The predicted octanol–water partition coefficient (Wildman–Crippen LogP) is 4.05. The van der Waals surface area contributed by atoms with Gasteiger partial charge in [-0.1, -0.05) is 41.9 Å². The van der Waals surface area contributed by atoms with Crippen LogP contribution >= 0.6 is 11.6 Å². The molecule has 0 aliphatic carbocycles. The Balaban J connectivity index is 1.17. The summed E-state index contributed by atoms with van der Waals surface area (Å²) in [5.41, 5.74) is 2.46. The highest BCUT2D eigenvalue weighted by Gasteiger charge is 2.31. The average molecular weight is 547 g/mol. The van der Waals surface area contributed by atoms with Gasteiger partial charge in [0.25, 0.3) is 5.91 Å². The second-order valence-electron chi connectivity index (χ2n) is 9.40. The van der Waals surface area contributed by atoms with E-state index in [1.807, 2.05) is 54.6 Å². The van der Waals surface area contributed by atoms with Crippen LogP contribution in [0.2, 0.25) is 5.02 Å². The number of hydrogen-bond donors (Lipinski definition) is 1. The summed E-state index contributed by atoms with van der Waals surface area (Å²) in [6.45, 7) is 4.74. The molecule has 39 heavy (non-hydrogen) atoms. The molecule has 1 fully saturated rings. The number of hydrogen-bond acceptors (Lipinski definition) is 6. The van der Waals surface area contributed by atoms with E-state index >= 15 is 0 Å². The molecule has 9 heteroatoms. The quantitative estimate of drug-likeness (QED) is 0.430. The van der Waals surface area contributed by atoms with Crippen LogP contribution in [0.1, 0.15) is 5.56 Å². The molecule has 3 aromatic carbocycles. The Morgan fingerprint density at radius 3 is 2.62 bits per heavy atom. The van der Waals surface area contributed by atoms with Crippen LogP contribution in [0.25, 0.3) is 6.08 Å². The van der Waals surface area contributed by atoms with E-state index < -0.39 is 0 Å². The van der Waals surface area contributed by atoms with Gasteiger partial charge in [-0.15, -0.1) is 0 Å². The Morgan fingerprint density at radius 1 is 1.03 bits per heavy atom. The summed E-state index contributed by atoms with van der Waals surface area (Å²) in [6.07, 6.45) is 1.66. The first-order valence-electron chi connectivity index (χ1n) is 12.9. The molecule has 0 aromatic heterocycles. The van der Waals surface area contributed by atoms with Crippen molar-refractivity contribution in [2.45, 2.75) is 0 Å². The molecule has 1 N–H and O–H groups in total. The van der Waals surface area contributed by atoms with Gasteiger partial charge < -0.3 is 19.7 Å². The molecule has 0 radical (unpaired) electrons. The zero-order chi connectivity index (χ0) is 27.2. The molecule has 2 aliphatic rings. The number of methoxy groups -OCH3 is 1. The number of anilines is 2. The lowest BCUT2D eigenvalue weighted by Gasteiger charge is -2.36. The number of nitrogens with zero attached hydrogens (tertiary/aromatic N) is 3. The number of fused-ring (bicyclic) bond motifs is 1. The smallest absolute Gasteiger partial charge is 0.294 e. The highest BCUT2D eigenvalue weighted by molar-refractivity contribution is 6.30. The third-order valence-electron chi connectivity index (χ3n) is 6.82. The molecule has 0 spiro atoms. The normalized spacial score (nSPS) is 16.6. The SMILES string of the molecule is COc1cccc(/C=C2\Oc3ccccc3N(CC(=O)NCCN3CCN(c4cccc(Cl)c4)CC3)C2=O)c1. The van der Waals surface area contributed by atoms with Crippen molar-refractivity contribution < 1.29 is 19.1 Å². The van der Waals surface area contributed by atoms with Crippen molar-refractivity contribution in [1.82, 2.24) is 10.2 Å². The van der Waals surface area contributed by atoms with Gasteiger partial charge in [0.1, 0.15) is 12.3 Å². The van der Waals surface area contributed by atoms with Gasteiger partial charge in [-0.05, 0) is 54.1 Å². The Labute approximate surface area is 233 Å². The minimum atomic E-state index is -0.371. The second-order valence-corrected chi connectivity index (χ2v) is 9.84. The van der Waals surface area contributed by atoms with E-state index in [4.69, 9.17) is 21.1 Å². The summed E-state index contributed by atoms with van der Waals surface area (Å²) in [7, 11) is 1.59. The van der Waals surface area contributed by atoms with Crippen molar-refractivity contribution in [3.63, 3.8) is 0 Å². The molecule has 8 nitrogen and oxygen atoms in total. The molecule has 5 rings (SSSR count). The zero-order valence-corrected chi connectivity index (χ0v) is 22.6. The number of carbonyl (C=O) groups excluding carboxylic acids is 2. The average Bonchev–Trinajstić information content (AvgIpc) is 2.96. The summed E-state index contributed by atoms with van der Waals surface area (Å²) < 4.78 is 11.2. The lowest BCUT2D eigenvalue weighted by molar-refractivity contribution is -0.123. The summed E-state index contributed by atoms with van der Waals surface area (Å²) in [4.78, 5) is 32.4. The minimum Gasteiger partial charge on any atom is -0.497 e. The minimum absolute atomic E-state index is 0.1000. The van der Waals surface area contributed by atoms with Crippen molar-refractivity contribution >= 4 is 40.9 Å². The molecule has 0 bridgehead atoms. The van der Waals surface area contributed by atoms with Crippen molar-refractivity contribution in [1.29, 1.82) is 0 Å². The molecule has 0 atom stereocenters. The number of benzene rings is 3. The first-order chi connectivity index (χ1) is 19.0. The summed E-state index contributed by atoms with van der Waals surface area (Å²) >= 11 is 6.14. The molecule has 0 saturated carbocycles. The molecular formula is C30H31ClN4O4. The van der Waals surface area contributed by atoms with E-state index in [-0.39, 0.29) is 24.1 Å². The van der Waals surface area contributed by atoms with Gasteiger partial charge in [0.15, 0.2) is 11.5 Å². The predicted molar refractivity (Wildman–Crippen MR) is 154 cm³/mol. The molecule has 2 aliphatic heterocycles. The summed E-state index contributed by atoms with van der Waals surface area (Å²) in [5.74, 6) is 0.751. The topological polar surface area (TPSA) is 74.4 Å². The number of rotatable bonds is 8. The van der Waals surface area contributed by atoms with Crippen LogP contribution in [0.4, 0.5) is 11.4 Å². The van der Waals surface area contributed by atoms with Crippen LogP contribution < -0.4 is 24.6 Å². The molecule has 202 valence electrons. The Bertz CT molecular complexity index is 1370. The van der Waals surface area contributed by atoms with Crippen molar-refractivity contribution in [2.75, 3.05) is 62.7 Å².